The predicted molar refractivity (Wildman–Crippen MR) is 144 cm³/mol. The second kappa shape index (κ2) is 11.4. The topological polar surface area (TPSA) is 109 Å². The molecule has 0 unspecified atom stereocenters. The molecule has 6 aliphatic rings. The van der Waals surface area contributed by atoms with E-state index in [1.807, 2.05) is 0 Å². The summed E-state index contributed by atoms with van der Waals surface area (Å²) in [6.45, 7) is 0.174. The third-order valence-corrected chi connectivity index (χ3v) is 10.3. The number of hydrogen-bond donors (Lipinski definition) is 3. The summed E-state index contributed by atoms with van der Waals surface area (Å²) in [5, 5.41) is 32.1. The monoisotopic (exact) mass is 541 g/mol. The van der Waals surface area contributed by atoms with Gasteiger partial charge in [-0.05, 0) is 50.0 Å². The van der Waals surface area contributed by atoms with E-state index >= 15 is 0 Å². The van der Waals surface area contributed by atoms with E-state index in [2.05, 4.69) is 23.1 Å². The van der Waals surface area contributed by atoms with Gasteiger partial charge in [-0.3, -0.25) is 4.90 Å². The SMILES string of the molecule is COC1=C(CO)C(=O)OC1=C1OC2=CCCN3[C@H]([C@@H](O)[C@H]4C=CC[C@@H](C5CCCC5)C4)CCC[C@H]3[C@H]2[C@@H]1CO. The van der Waals surface area contributed by atoms with Crippen LogP contribution in [0.15, 0.2) is 46.8 Å². The van der Waals surface area contributed by atoms with E-state index in [9.17, 15) is 20.1 Å². The maximum Gasteiger partial charge on any atom is 0.345 e. The van der Waals surface area contributed by atoms with Crippen LogP contribution in [-0.4, -0.2) is 71.2 Å². The van der Waals surface area contributed by atoms with Crippen LogP contribution in [0.25, 0.3) is 0 Å². The van der Waals surface area contributed by atoms with E-state index in [0.29, 0.717) is 11.7 Å². The summed E-state index contributed by atoms with van der Waals surface area (Å²) in [5.41, 5.74) is 0.0558. The van der Waals surface area contributed by atoms with Crippen LogP contribution in [0.5, 0.6) is 0 Å². The van der Waals surface area contributed by atoms with Crippen LogP contribution in [0.1, 0.15) is 64.2 Å². The van der Waals surface area contributed by atoms with Crippen molar-refractivity contribution in [3.8, 4) is 0 Å². The molecule has 0 radical (unpaired) electrons. The number of carbonyl (C=O) groups is 1. The predicted octanol–water partition coefficient (Wildman–Crippen LogP) is 3.55. The van der Waals surface area contributed by atoms with Gasteiger partial charge in [-0.25, -0.2) is 4.79 Å². The Labute approximate surface area is 231 Å². The van der Waals surface area contributed by atoms with Gasteiger partial charge < -0.3 is 29.5 Å². The molecule has 39 heavy (non-hydrogen) atoms. The minimum Gasteiger partial charge on any atom is -0.492 e. The molecule has 2 saturated heterocycles. The van der Waals surface area contributed by atoms with Gasteiger partial charge in [0.05, 0.1) is 32.3 Å². The number of allylic oxidation sites excluding steroid dienone is 1. The van der Waals surface area contributed by atoms with Crippen molar-refractivity contribution in [3.05, 3.63) is 46.8 Å². The Morgan fingerprint density at radius 1 is 1.10 bits per heavy atom. The van der Waals surface area contributed by atoms with Gasteiger partial charge in [-0.15, -0.1) is 0 Å². The summed E-state index contributed by atoms with van der Waals surface area (Å²) in [4.78, 5) is 14.9. The molecule has 2 aliphatic carbocycles. The van der Waals surface area contributed by atoms with E-state index in [1.165, 1.54) is 32.8 Å². The average molecular weight is 542 g/mol. The summed E-state index contributed by atoms with van der Waals surface area (Å²) >= 11 is 0. The number of piperidine rings is 1. The fourth-order valence-electron chi connectivity index (χ4n) is 8.48. The lowest BCUT2D eigenvalue weighted by atomic mass is 9.73. The Morgan fingerprint density at radius 2 is 1.92 bits per heavy atom. The highest BCUT2D eigenvalue weighted by molar-refractivity contribution is 5.94. The highest BCUT2D eigenvalue weighted by atomic mass is 16.6. The molecule has 3 fully saturated rings. The van der Waals surface area contributed by atoms with E-state index in [1.54, 1.807) is 0 Å². The van der Waals surface area contributed by atoms with Crippen LogP contribution in [-0.2, 0) is 19.0 Å². The molecule has 4 aliphatic heterocycles. The smallest absolute Gasteiger partial charge is 0.345 e. The number of esters is 1. The molecule has 0 amide bonds. The van der Waals surface area contributed by atoms with E-state index in [-0.39, 0.29) is 47.6 Å². The van der Waals surface area contributed by atoms with E-state index in [0.717, 1.165) is 56.7 Å². The maximum atomic E-state index is 12.4. The average Bonchev–Trinajstić information content (AvgIpc) is 3.67. The molecule has 4 heterocycles. The van der Waals surface area contributed by atoms with Crippen molar-refractivity contribution < 1.29 is 34.3 Å². The van der Waals surface area contributed by atoms with Gasteiger partial charge in [-0.2, -0.15) is 0 Å². The number of hydrogen-bond acceptors (Lipinski definition) is 8. The van der Waals surface area contributed by atoms with E-state index in [4.69, 9.17) is 14.2 Å². The molecule has 7 atom stereocenters. The second-order valence-electron chi connectivity index (χ2n) is 12.2. The first-order chi connectivity index (χ1) is 19.0. The lowest BCUT2D eigenvalue weighted by Gasteiger charge is -2.48. The first kappa shape index (κ1) is 27.1. The minimum atomic E-state index is -0.655. The molecule has 0 aromatic rings. The molecule has 214 valence electrons. The molecule has 0 spiro atoms. The highest BCUT2D eigenvalue weighted by Gasteiger charge is 2.52. The molecule has 1 saturated carbocycles. The number of methoxy groups -OCH3 is 1. The molecule has 8 nitrogen and oxygen atoms in total. The van der Waals surface area contributed by atoms with Crippen molar-refractivity contribution in [1.29, 1.82) is 0 Å². The van der Waals surface area contributed by atoms with Gasteiger partial charge in [0.25, 0.3) is 0 Å². The zero-order chi connectivity index (χ0) is 27.1. The van der Waals surface area contributed by atoms with Crippen LogP contribution in [0.3, 0.4) is 0 Å². The molecule has 0 aromatic carbocycles. The zero-order valence-corrected chi connectivity index (χ0v) is 23.0. The van der Waals surface area contributed by atoms with Gasteiger partial charge in [0, 0.05) is 30.5 Å². The first-order valence-corrected chi connectivity index (χ1v) is 15.0. The maximum absolute atomic E-state index is 12.4. The second-order valence-corrected chi connectivity index (χ2v) is 12.2. The normalized spacial score (nSPS) is 38.2. The third kappa shape index (κ3) is 4.77. The largest absolute Gasteiger partial charge is 0.492 e. The van der Waals surface area contributed by atoms with E-state index < -0.39 is 24.6 Å². The van der Waals surface area contributed by atoms with Gasteiger partial charge in [0.2, 0.25) is 5.76 Å². The van der Waals surface area contributed by atoms with Crippen LogP contribution in [0, 0.1) is 29.6 Å². The molecule has 3 N–H and O–H groups in total. The zero-order valence-electron chi connectivity index (χ0n) is 23.0. The molecular weight excluding hydrogens is 498 g/mol. The summed E-state index contributed by atoms with van der Waals surface area (Å²) in [7, 11) is 1.43. The number of ether oxygens (including phenoxy) is 3. The number of aliphatic hydroxyl groups is 3. The van der Waals surface area contributed by atoms with Crippen molar-refractivity contribution >= 4 is 5.97 Å². The van der Waals surface area contributed by atoms with Crippen molar-refractivity contribution in [2.75, 3.05) is 26.9 Å². The number of aliphatic hydroxyl groups excluding tert-OH is 3. The Kier molecular flexibility index (Phi) is 7.91. The molecule has 8 heteroatoms. The Morgan fingerprint density at radius 3 is 2.67 bits per heavy atom. The lowest BCUT2D eigenvalue weighted by Crippen LogP contribution is -2.56. The summed E-state index contributed by atoms with van der Waals surface area (Å²) in [6, 6.07) is 0.161. The quantitative estimate of drug-likeness (QED) is 0.346. The third-order valence-electron chi connectivity index (χ3n) is 10.3. The van der Waals surface area contributed by atoms with Crippen LogP contribution in [0.2, 0.25) is 0 Å². The fourth-order valence-corrected chi connectivity index (χ4v) is 8.48. The number of carbonyl (C=O) groups excluding carboxylic acids is 1. The lowest BCUT2D eigenvalue weighted by molar-refractivity contribution is -0.134. The van der Waals surface area contributed by atoms with Crippen molar-refractivity contribution in [2.24, 2.45) is 29.6 Å². The summed E-state index contributed by atoms with van der Waals surface area (Å²) in [6.07, 6.45) is 17.6. The number of nitrogens with zero attached hydrogens (tertiary/aromatic N) is 1. The van der Waals surface area contributed by atoms with Crippen LogP contribution in [0.4, 0.5) is 0 Å². The Balaban J connectivity index is 1.26. The number of fused-ring (bicyclic) bond motifs is 3. The van der Waals surface area contributed by atoms with Crippen molar-refractivity contribution in [2.45, 2.75) is 82.4 Å². The first-order valence-electron chi connectivity index (χ1n) is 15.0. The fraction of sp³-hybridized carbons (Fsp3) is 0.710. The van der Waals surface area contributed by atoms with Crippen molar-refractivity contribution in [1.82, 2.24) is 4.90 Å². The summed E-state index contributed by atoms with van der Waals surface area (Å²) in [5.74, 6) is 2.00. The van der Waals surface area contributed by atoms with Crippen molar-refractivity contribution in [3.63, 3.8) is 0 Å². The molecular formula is C31H43NO7. The summed E-state index contributed by atoms with van der Waals surface area (Å²) < 4.78 is 17.3. The highest BCUT2D eigenvalue weighted by Crippen LogP contribution is 2.50. The molecule has 0 bridgehead atoms. The number of cyclic esters (lactones) is 1. The van der Waals surface area contributed by atoms with Gasteiger partial charge in [0.15, 0.2) is 11.5 Å². The minimum absolute atomic E-state index is 0.0558. The number of rotatable bonds is 6. The molecule has 6 rings (SSSR count). The van der Waals surface area contributed by atoms with Gasteiger partial charge >= 0.3 is 5.97 Å². The molecule has 0 aromatic heterocycles. The van der Waals surface area contributed by atoms with Gasteiger partial charge in [0.1, 0.15) is 11.3 Å². The Hall–Kier alpha value is -2.13. The van der Waals surface area contributed by atoms with Gasteiger partial charge in [-0.1, -0.05) is 44.3 Å². The van der Waals surface area contributed by atoms with Crippen LogP contribution >= 0.6 is 0 Å². The van der Waals surface area contributed by atoms with Crippen LogP contribution < -0.4 is 0 Å². The Bertz CT molecular complexity index is 1070. The standard InChI is InChI=1S/C31H43NO7/c1-37-28-22(17-34)31(36)39-30(28)29-21(16-33)26-23-11-5-12-24(32(23)14-6-13-25(26)38-29)27(35)20-10-4-9-19(15-20)18-7-2-3-8-18/h4,10,13,18-21,23-24,26-27,33-35H,2-3,5-9,11-12,14-17H2,1H3/t19-,20+,21+,23+,24+,26-,27+/m1/s1.